The number of nitrogens with two attached hydrogens (primary N) is 1. The van der Waals surface area contributed by atoms with Crippen molar-refractivity contribution in [2.24, 2.45) is 5.73 Å². The van der Waals surface area contributed by atoms with Crippen molar-refractivity contribution in [3.8, 4) is 0 Å². The average molecular weight is 403 g/mol. The molecule has 28 heavy (non-hydrogen) atoms. The van der Waals surface area contributed by atoms with Crippen molar-refractivity contribution >= 4 is 21.7 Å². The van der Waals surface area contributed by atoms with Gasteiger partial charge in [0.1, 0.15) is 12.4 Å². The van der Waals surface area contributed by atoms with E-state index in [1.165, 1.54) is 24.3 Å². The molecule has 1 aliphatic heterocycles. The Morgan fingerprint density at radius 2 is 1.75 bits per heavy atom. The van der Waals surface area contributed by atoms with Crippen molar-refractivity contribution < 1.29 is 32.0 Å². The van der Waals surface area contributed by atoms with E-state index in [9.17, 15) is 18.0 Å². The van der Waals surface area contributed by atoms with Crippen LogP contribution in [0.25, 0.3) is 0 Å². The molecular weight excluding hydrogens is 386 g/mol. The molecule has 0 aromatic heterocycles. The van der Waals surface area contributed by atoms with Gasteiger partial charge >= 0.3 is 10.1 Å². The molecule has 2 aromatic carbocycles. The Morgan fingerprint density at radius 3 is 2.36 bits per heavy atom. The largest absolute Gasteiger partial charge is 0.460 e. The molecule has 1 unspecified atom stereocenters. The van der Waals surface area contributed by atoms with E-state index in [2.05, 4.69) is 0 Å². The van der Waals surface area contributed by atoms with Gasteiger partial charge in [0, 0.05) is 11.1 Å². The van der Waals surface area contributed by atoms with Crippen LogP contribution in [0.5, 0.6) is 0 Å². The third kappa shape index (κ3) is 4.21. The molecule has 1 heterocycles. The Morgan fingerprint density at radius 1 is 1.11 bits per heavy atom. The van der Waals surface area contributed by atoms with Crippen LogP contribution in [0, 0.1) is 0 Å². The van der Waals surface area contributed by atoms with E-state index in [-0.39, 0.29) is 5.56 Å². The number of benzene rings is 2. The Balaban J connectivity index is 1.75. The summed E-state index contributed by atoms with van der Waals surface area (Å²) in [7, 11) is -4.12. The lowest BCUT2D eigenvalue weighted by Crippen LogP contribution is -2.16. The number of carbonyl (C=O) groups is 2. The van der Waals surface area contributed by atoms with Crippen molar-refractivity contribution in [2.75, 3.05) is 6.61 Å². The second-order valence-corrected chi connectivity index (χ2v) is 7.60. The molecule has 8 nitrogen and oxygen atoms in total. The third-order valence-electron chi connectivity index (χ3n) is 4.01. The molecule has 2 aromatic rings. The van der Waals surface area contributed by atoms with Gasteiger partial charge < -0.3 is 19.8 Å². The molecule has 1 atom stereocenters. The highest BCUT2D eigenvalue weighted by molar-refractivity contribution is 7.86. The molecule has 0 fully saturated rings. The number of ketones is 2. The van der Waals surface area contributed by atoms with E-state index in [1.807, 2.05) is 0 Å². The Bertz CT molecular complexity index is 1030. The van der Waals surface area contributed by atoms with E-state index in [1.54, 1.807) is 30.3 Å². The third-order valence-corrected chi connectivity index (χ3v) is 5.11. The van der Waals surface area contributed by atoms with Crippen LogP contribution in [0.3, 0.4) is 0 Å². The van der Waals surface area contributed by atoms with E-state index in [0.717, 1.165) is 0 Å². The standard InChI is InChI=1S/C19H17NO7S/c20-19-18(27-28(24,25)11-12-4-2-1-3-5-12)16(23)17(26-19)14-8-6-13(7-9-14)15(22)10-21/h1-9,17,21H,10-11,20H2. The van der Waals surface area contributed by atoms with E-state index < -0.39 is 51.8 Å². The van der Waals surface area contributed by atoms with Crippen LogP contribution in [0.15, 0.2) is 66.2 Å². The van der Waals surface area contributed by atoms with Crippen molar-refractivity contribution in [2.45, 2.75) is 11.9 Å². The van der Waals surface area contributed by atoms with Gasteiger partial charge in [0.05, 0.1) is 0 Å². The number of carbonyl (C=O) groups excluding carboxylic acids is 2. The molecular formula is C19H17NO7S. The van der Waals surface area contributed by atoms with Crippen molar-refractivity contribution in [3.05, 3.63) is 82.9 Å². The topological polar surface area (TPSA) is 133 Å². The van der Waals surface area contributed by atoms with E-state index in [4.69, 9.17) is 19.8 Å². The normalized spacial score (nSPS) is 16.8. The molecule has 0 spiro atoms. The van der Waals surface area contributed by atoms with Crippen molar-refractivity contribution in [1.82, 2.24) is 0 Å². The van der Waals surface area contributed by atoms with Crippen LogP contribution in [0.4, 0.5) is 0 Å². The molecule has 0 saturated carbocycles. The molecule has 9 heteroatoms. The minimum absolute atomic E-state index is 0.263. The first-order valence-corrected chi connectivity index (χ1v) is 9.79. The van der Waals surface area contributed by atoms with Gasteiger partial charge in [-0.2, -0.15) is 8.42 Å². The second-order valence-electron chi connectivity index (χ2n) is 6.03. The minimum Gasteiger partial charge on any atom is -0.460 e. The summed E-state index contributed by atoms with van der Waals surface area (Å²) in [6.45, 7) is -0.635. The molecule has 146 valence electrons. The first-order valence-electron chi connectivity index (χ1n) is 8.21. The predicted octanol–water partition coefficient (Wildman–Crippen LogP) is 1.18. The van der Waals surface area contributed by atoms with Gasteiger partial charge in [-0.05, 0) is 5.56 Å². The number of aliphatic hydroxyl groups is 1. The molecule has 1 aliphatic rings. The summed E-state index contributed by atoms with van der Waals surface area (Å²) in [5.74, 6) is -2.64. The summed E-state index contributed by atoms with van der Waals surface area (Å²) in [5.41, 5.74) is 6.78. The summed E-state index contributed by atoms with van der Waals surface area (Å²) in [5, 5.41) is 8.87. The van der Waals surface area contributed by atoms with Gasteiger partial charge in [-0.15, -0.1) is 0 Å². The van der Waals surface area contributed by atoms with Crippen LogP contribution < -0.4 is 5.73 Å². The molecule has 0 radical (unpaired) electrons. The fourth-order valence-electron chi connectivity index (χ4n) is 2.65. The lowest BCUT2D eigenvalue weighted by molar-refractivity contribution is -0.123. The predicted molar refractivity (Wildman–Crippen MR) is 98.1 cm³/mol. The minimum atomic E-state index is -4.12. The van der Waals surface area contributed by atoms with Crippen LogP contribution in [0.1, 0.15) is 27.6 Å². The van der Waals surface area contributed by atoms with E-state index >= 15 is 0 Å². The second kappa shape index (κ2) is 7.83. The van der Waals surface area contributed by atoms with Crippen LogP contribution in [0.2, 0.25) is 0 Å². The zero-order valence-corrected chi connectivity index (χ0v) is 15.4. The van der Waals surface area contributed by atoms with Gasteiger partial charge in [0.15, 0.2) is 11.9 Å². The first kappa shape index (κ1) is 19.6. The highest BCUT2D eigenvalue weighted by atomic mass is 32.2. The molecule has 3 rings (SSSR count). The number of aliphatic hydroxyl groups excluding tert-OH is 1. The van der Waals surface area contributed by atoms with Crippen LogP contribution in [-0.4, -0.2) is 31.7 Å². The smallest absolute Gasteiger partial charge is 0.313 e. The highest BCUT2D eigenvalue weighted by Crippen LogP contribution is 2.32. The summed E-state index contributed by atoms with van der Waals surface area (Å²) in [4.78, 5) is 24.0. The molecule has 0 aliphatic carbocycles. The van der Waals surface area contributed by atoms with Gasteiger partial charge in [-0.1, -0.05) is 54.6 Å². The van der Waals surface area contributed by atoms with Crippen LogP contribution >= 0.6 is 0 Å². The fraction of sp³-hybridized carbons (Fsp3) is 0.158. The molecule has 0 amide bonds. The van der Waals surface area contributed by atoms with Crippen LogP contribution in [-0.2, 0) is 29.6 Å². The van der Waals surface area contributed by atoms with Gasteiger partial charge in [-0.25, -0.2) is 0 Å². The summed E-state index contributed by atoms with van der Waals surface area (Å²) in [6, 6.07) is 14.1. The number of hydrogen-bond acceptors (Lipinski definition) is 8. The Kier molecular flexibility index (Phi) is 5.48. The number of ether oxygens (including phenoxy) is 1. The maximum Gasteiger partial charge on any atom is 0.313 e. The number of Topliss-reactive ketones (excluding diaryl/α,β-unsaturated/α-hetero) is 2. The first-order chi connectivity index (χ1) is 13.3. The SMILES string of the molecule is NC1=C(OS(=O)(=O)Cc2ccccc2)C(=O)C(c2ccc(C(=O)CO)cc2)O1. The monoisotopic (exact) mass is 403 g/mol. The quantitative estimate of drug-likeness (QED) is 0.520. The van der Waals surface area contributed by atoms with E-state index in [0.29, 0.717) is 11.1 Å². The Labute approximate surface area is 161 Å². The lowest BCUT2D eigenvalue weighted by Gasteiger charge is -2.10. The lowest BCUT2D eigenvalue weighted by atomic mass is 10.0. The van der Waals surface area contributed by atoms with Gasteiger partial charge in [0.25, 0.3) is 0 Å². The zero-order chi connectivity index (χ0) is 20.3. The Hall–Kier alpha value is -3.17. The fourth-order valence-corrected chi connectivity index (χ4v) is 3.72. The maximum atomic E-state index is 12.6. The number of rotatable bonds is 7. The van der Waals surface area contributed by atoms with Gasteiger partial charge in [0.2, 0.25) is 17.4 Å². The average Bonchev–Trinajstić information content (AvgIpc) is 2.95. The zero-order valence-electron chi connectivity index (χ0n) is 14.6. The number of hydrogen-bond donors (Lipinski definition) is 2. The molecule has 3 N–H and O–H groups in total. The highest BCUT2D eigenvalue weighted by Gasteiger charge is 2.39. The summed E-state index contributed by atoms with van der Waals surface area (Å²) >= 11 is 0. The van der Waals surface area contributed by atoms with Crippen molar-refractivity contribution in [3.63, 3.8) is 0 Å². The van der Waals surface area contributed by atoms with Crippen molar-refractivity contribution in [1.29, 1.82) is 0 Å². The maximum absolute atomic E-state index is 12.6. The van der Waals surface area contributed by atoms with Gasteiger partial charge in [-0.3, -0.25) is 9.59 Å². The molecule has 0 bridgehead atoms. The molecule has 0 saturated heterocycles. The summed E-state index contributed by atoms with van der Waals surface area (Å²) in [6.07, 6.45) is -1.18. The summed E-state index contributed by atoms with van der Waals surface area (Å²) < 4.78 is 34.7.